The second kappa shape index (κ2) is 6.24. The summed E-state index contributed by atoms with van der Waals surface area (Å²) in [6.07, 6.45) is 7.80. The molecule has 2 aromatic rings. The van der Waals surface area contributed by atoms with Gasteiger partial charge in [0.2, 0.25) is 0 Å². The van der Waals surface area contributed by atoms with E-state index in [2.05, 4.69) is 42.9 Å². The summed E-state index contributed by atoms with van der Waals surface area (Å²) in [5.41, 5.74) is 2.40. The van der Waals surface area contributed by atoms with E-state index in [1.807, 2.05) is 24.7 Å². The molecule has 2 heterocycles. The lowest BCUT2D eigenvalue weighted by Gasteiger charge is -2.18. The van der Waals surface area contributed by atoms with E-state index in [1.165, 1.54) is 5.57 Å². The molecule has 0 saturated carbocycles. The van der Waals surface area contributed by atoms with Gasteiger partial charge in [0.1, 0.15) is 12.4 Å². The van der Waals surface area contributed by atoms with Crippen LogP contribution < -0.4 is 10.1 Å². The number of ether oxygens (including phenoxy) is 1. The first-order chi connectivity index (χ1) is 9.81. The fourth-order valence-corrected chi connectivity index (χ4v) is 2.55. The first-order valence-corrected chi connectivity index (χ1v) is 7.39. The molecule has 1 aliphatic heterocycles. The summed E-state index contributed by atoms with van der Waals surface area (Å²) in [4.78, 5) is 4.02. The molecule has 0 atom stereocenters. The first-order valence-electron chi connectivity index (χ1n) is 6.59. The van der Waals surface area contributed by atoms with Crippen LogP contribution in [0.4, 0.5) is 0 Å². The van der Waals surface area contributed by atoms with E-state index in [0.717, 1.165) is 35.4 Å². The Morgan fingerprint density at radius 3 is 3.20 bits per heavy atom. The highest BCUT2D eigenvalue weighted by Gasteiger charge is 2.11. The van der Waals surface area contributed by atoms with Crippen LogP contribution in [0.3, 0.4) is 0 Å². The molecule has 0 bridgehead atoms. The molecule has 0 unspecified atom stereocenters. The molecule has 0 spiro atoms. The van der Waals surface area contributed by atoms with Crippen molar-refractivity contribution in [3.63, 3.8) is 0 Å². The van der Waals surface area contributed by atoms with Crippen molar-refractivity contribution >= 4 is 22.0 Å². The Balaban J connectivity index is 1.53. The average molecular weight is 334 g/mol. The number of nitrogens with one attached hydrogen (secondary N) is 1. The summed E-state index contributed by atoms with van der Waals surface area (Å²) in [6, 6.07) is 6.08. The maximum atomic E-state index is 5.75. The third-order valence-corrected chi connectivity index (χ3v) is 3.70. The quantitative estimate of drug-likeness (QED) is 0.855. The predicted octanol–water partition coefficient (Wildman–Crippen LogP) is 2.71. The number of imidazole rings is 1. The highest BCUT2D eigenvalue weighted by molar-refractivity contribution is 9.10. The first kappa shape index (κ1) is 13.4. The number of fused-ring (bicyclic) bond motifs is 1. The van der Waals surface area contributed by atoms with Gasteiger partial charge in [-0.05, 0) is 29.8 Å². The minimum Gasteiger partial charge on any atom is -0.489 e. The van der Waals surface area contributed by atoms with E-state index in [4.69, 9.17) is 4.74 Å². The lowest BCUT2D eigenvalue weighted by atomic mass is 10.1. The zero-order chi connectivity index (χ0) is 13.8. The molecule has 0 aliphatic carbocycles. The van der Waals surface area contributed by atoms with Crippen molar-refractivity contribution in [2.75, 3.05) is 19.7 Å². The Labute approximate surface area is 126 Å². The van der Waals surface area contributed by atoms with Crippen LogP contribution in [0.5, 0.6) is 5.75 Å². The maximum absolute atomic E-state index is 5.75. The summed E-state index contributed by atoms with van der Waals surface area (Å²) in [5, 5.41) is 3.43. The normalized spacial score (nSPS) is 13.6. The minimum absolute atomic E-state index is 0.659. The van der Waals surface area contributed by atoms with E-state index < -0.39 is 0 Å². The third-order valence-electron chi connectivity index (χ3n) is 3.20. The highest BCUT2D eigenvalue weighted by atomic mass is 79.9. The van der Waals surface area contributed by atoms with E-state index in [0.29, 0.717) is 6.61 Å². The van der Waals surface area contributed by atoms with Crippen molar-refractivity contribution in [2.24, 2.45) is 0 Å². The van der Waals surface area contributed by atoms with Gasteiger partial charge in [-0.25, -0.2) is 4.98 Å². The largest absolute Gasteiger partial charge is 0.489 e. The summed E-state index contributed by atoms with van der Waals surface area (Å²) in [7, 11) is 0. The predicted molar refractivity (Wildman–Crippen MR) is 82.7 cm³/mol. The minimum atomic E-state index is 0.659. The lowest BCUT2D eigenvalue weighted by Crippen LogP contribution is -2.24. The molecule has 1 aromatic heterocycles. The van der Waals surface area contributed by atoms with Crippen LogP contribution >= 0.6 is 15.9 Å². The van der Waals surface area contributed by atoms with E-state index in [-0.39, 0.29) is 0 Å². The number of hydrogen-bond donors (Lipinski definition) is 1. The zero-order valence-corrected chi connectivity index (χ0v) is 12.6. The number of aromatic nitrogens is 2. The molecular formula is C15H16BrN3O. The monoisotopic (exact) mass is 333 g/mol. The topological polar surface area (TPSA) is 39.1 Å². The highest BCUT2D eigenvalue weighted by Crippen LogP contribution is 2.28. The fraction of sp³-hybridized carbons (Fsp3) is 0.267. The van der Waals surface area contributed by atoms with Crippen LogP contribution in [-0.4, -0.2) is 29.2 Å². The van der Waals surface area contributed by atoms with E-state index in [1.54, 1.807) is 6.20 Å². The van der Waals surface area contributed by atoms with Crippen molar-refractivity contribution in [3.8, 4) is 5.75 Å². The number of halogens is 1. The summed E-state index contributed by atoms with van der Waals surface area (Å²) in [6.45, 7) is 3.35. The smallest absolute Gasteiger partial charge is 0.127 e. The van der Waals surface area contributed by atoms with Gasteiger partial charge < -0.3 is 14.6 Å². The van der Waals surface area contributed by atoms with Gasteiger partial charge in [-0.3, -0.25) is 0 Å². The number of benzene rings is 1. The molecule has 1 N–H and O–H groups in total. The lowest BCUT2D eigenvalue weighted by molar-refractivity contribution is 0.342. The van der Waals surface area contributed by atoms with Gasteiger partial charge in [0.05, 0.1) is 6.33 Å². The number of rotatable bonds is 5. The Kier molecular flexibility index (Phi) is 4.18. The van der Waals surface area contributed by atoms with Gasteiger partial charge in [-0.2, -0.15) is 0 Å². The number of nitrogens with zero attached hydrogens (tertiary/aromatic N) is 2. The molecule has 5 heteroatoms. The molecule has 20 heavy (non-hydrogen) atoms. The van der Waals surface area contributed by atoms with Crippen molar-refractivity contribution in [2.45, 2.75) is 6.54 Å². The van der Waals surface area contributed by atoms with Crippen LogP contribution in [0, 0.1) is 0 Å². The van der Waals surface area contributed by atoms with Gasteiger partial charge in [0.15, 0.2) is 0 Å². The Morgan fingerprint density at radius 2 is 2.35 bits per heavy atom. The Morgan fingerprint density at radius 1 is 1.40 bits per heavy atom. The molecule has 4 nitrogen and oxygen atoms in total. The second-order valence-corrected chi connectivity index (χ2v) is 5.67. The molecule has 1 aliphatic rings. The van der Waals surface area contributed by atoms with Crippen LogP contribution in [0.25, 0.3) is 6.08 Å². The Hall–Kier alpha value is -1.59. The zero-order valence-electron chi connectivity index (χ0n) is 11.1. The molecule has 0 radical (unpaired) electrons. The second-order valence-electron chi connectivity index (χ2n) is 4.75. The van der Waals surface area contributed by atoms with Crippen molar-refractivity contribution in [3.05, 3.63) is 52.5 Å². The van der Waals surface area contributed by atoms with Crippen molar-refractivity contribution in [1.82, 2.24) is 14.9 Å². The Bertz CT molecular complexity index is 608. The van der Waals surface area contributed by atoms with Crippen LogP contribution in [-0.2, 0) is 6.54 Å². The standard InChI is InChI=1S/C15H16BrN3O/c16-14-1-2-15-13(8-14)7-12(10-20-15)9-17-3-5-19-6-4-18-11-19/h1-2,4,6-8,11,17H,3,5,9-10H2. The molecule has 0 fully saturated rings. The molecule has 3 rings (SSSR count). The average Bonchev–Trinajstić information content (AvgIpc) is 2.96. The van der Waals surface area contributed by atoms with E-state index in [9.17, 15) is 0 Å². The van der Waals surface area contributed by atoms with Gasteiger partial charge in [0, 0.05) is 42.1 Å². The molecular weight excluding hydrogens is 318 g/mol. The summed E-state index contributed by atoms with van der Waals surface area (Å²) < 4.78 is 8.88. The molecule has 1 aromatic carbocycles. The summed E-state index contributed by atoms with van der Waals surface area (Å²) >= 11 is 3.49. The maximum Gasteiger partial charge on any atom is 0.127 e. The number of hydrogen-bond acceptors (Lipinski definition) is 3. The SMILES string of the molecule is Brc1ccc2c(c1)C=C(CNCCn1ccnc1)CO2. The van der Waals surface area contributed by atoms with Gasteiger partial charge in [-0.15, -0.1) is 0 Å². The van der Waals surface area contributed by atoms with Crippen molar-refractivity contribution < 1.29 is 4.74 Å². The van der Waals surface area contributed by atoms with Crippen LogP contribution in [0.15, 0.2) is 47.0 Å². The fourth-order valence-electron chi connectivity index (χ4n) is 2.17. The van der Waals surface area contributed by atoms with Gasteiger partial charge >= 0.3 is 0 Å². The third kappa shape index (κ3) is 3.29. The van der Waals surface area contributed by atoms with Gasteiger partial charge in [-0.1, -0.05) is 15.9 Å². The van der Waals surface area contributed by atoms with Crippen LogP contribution in [0.1, 0.15) is 5.56 Å². The van der Waals surface area contributed by atoms with Gasteiger partial charge in [0.25, 0.3) is 0 Å². The summed E-state index contributed by atoms with van der Waals surface area (Å²) in [5.74, 6) is 0.954. The molecule has 0 amide bonds. The van der Waals surface area contributed by atoms with E-state index >= 15 is 0 Å². The van der Waals surface area contributed by atoms with Crippen molar-refractivity contribution in [1.29, 1.82) is 0 Å². The van der Waals surface area contributed by atoms with Crippen LogP contribution in [0.2, 0.25) is 0 Å². The molecule has 0 saturated heterocycles. The molecule has 104 valence electrons.